The van der Waals surface area contributed by atoms with E-state index in [-0.39, 0.29) is 11.5 Å². The normalized spacial score (nSPS) is 18.0. The summed E-state index contributed by atoms with van der Waals surface area (Å²) in [5.41, 5.74) is -0.346. The van der Waals surface area contributed by atoms with Crippen molar-refractivity contribution in [2.75, 3.05) is 26.3 Å². The van der Waals surface area contributed by atoms with Crippen LogP contribution in [0.2, 0.25) is 0 Å². The average molecular weight is 570 g/mol. The van der Waals surface area contributed by atoms with Crippen LogP contribution in [0, 0.1) is 12.8 Å². The Bertz CT molecular complexity index is 1300. The number of morpholine rings is 1. The molecular weight excluding hydrogens is 531 g/mol. The lowest BCUT2D eigenvalue weighted by Crippen LogP contribution is -2.41. The number of carbonyl (C=O) groups excluding carboxylic acids is 1. The number of amides is 1. The fraction of sp³-hybridized carbons (Fsp3) is 0.607. The number of alkyl halides is 3. The molecule has 1 saturated heterocycles. The van der Waals surface area contributed by atoms with E-state index in [1.807, 2.05) is 11.5 Å². The van der Waals surface area contributed by atoms with Crippen molar-refractivity contribution in [2.24, 2.45) is 5.92 Å². The van der Waals surface area contributed by atoms with E-state index in [0.717, 1.165) is 37.8 Å². The van der Waals surface area contributed by atoms with Gasteiger partial charge >= 0.3 is 6.18 Å². The van der Waals surface area contributed by atoms with E-state index in [0.29, 0.717) is 55.7 Å². The lowest BCUT2D eigenvalue weighted by molar-refractivity contribution is -0.139. The van der Waals surface area contributed by atoms with Crippen molar-refractivity contribution in [1.29, 1.82) is 0 Å². The highest BCUT2D eigenvalue weighted by Gasteiger charge is 2.39. The first kappa shape index (κ1) is 29.6. The van der Waals surface area contributed by atoms with E-state index in [2.05, 4.69) is 4.72 Å². The summed E-state index contributed by atoms with van der Waals surface area (Å²) < 4.78 is 78.3. The molecule has 2 aliphatic rings. The van der Waals surface area contributed by atoms with E-state index < -0.39 is 32.2 Å². The number of hydrogen-bond donors (Lipinski definition) is 1. The van der Waals surface area contributed by atoms with Crippen LogP contribution in [-0.2, 0) is 27.5 Å². The lowest BCUT2D eigenvalue weighted by Gasteiger charge is -2.27. The number of rotatable bonds is 6. The Morgan fingerprint density at radius 2 is 1.69 bits per heavy atom. The summed E-state index contributed by atoms with van der Waals surface area (Å²) in [5, 5.41) is 0. The summed E-state index contributed by atoms with van der Waals surface area (Å²) in [6.07, 6.45) is 0.514. The zero-order valence-electron chi connectivity index (χ0n) is 23.0. The minimum Gasteiger partial charge on any atom is -0.378 e. The standard InChI is InChI=1S/C28H38F3N3O4S/c1-19-22(26(35)33-12-14-38-15-13-33)17-24(34(19)18-20-8-6-5-7-9-20)21-10-11-25(23(16-21)28(29,30)31)39(36,37)32-27(2,3)4/h10-11,16-17,20,32H,5-9,12-15,18H2,1-4H3. The fourth-order valence-corrected chi connectivity index (χ4v) is 7.13. The molecule has 0 spiro atoms. The van der Waals surface area contributed by atoms with Gasteiger partial charge in [-0.25, -0.2) is 13.1 Å². The first-order valence-electron chi connectivity index (χ1n) is 13.5. The molecule has 2 fully saturated rings. The third-order valence-corrected chi connectivity index (χ3v) is 9.19. The molecule has 1 saturated carbocycles. The molecule has 0 atom stereocenters. The third kappa shape index (κ3) is 6.86. The number of carbonyl (C=O) groups is 1. The summed E-state index contributed by atoms with van der Waals surface area (Å²) >= 11 is 0. The molecule has 1 N–H and O–H groups in total. The van der Waals surface area contributed by atoms with Gasteiger partial charge < -0.3 is 14.2 Å². The summed E-state index contributed by atoms with van der Waals surface area (Å²) in [6, 6.07) is 4.98. The minimum absolute atomic E-state index is 0.177. The second-order valence-corrected chi connectivity index (χ2v) is 13.3. The molecule has 1 aromatic carbocycles. The van der Waals surface area contributed by atoms with Crippen LogP contribution >= 0.6 is 0 Å². The van der Waals surface area contributed by atoms with Gasteiger partial charge in [-0.15, -0.1) is 0 Å². The second-order valence-electron chi connectivity index (χ2n) is 11.6. The molecule has 1 aromatic heterocycles. The van der Waals surface area contributed by atoms with E-state index in [1.54, 1.807) is 31.7 Å². The zero-order chi connectivity index (χ0) is 28.6. The van der Waals surface area contributed by atoms with E-state index in [9.17, 15) is 26.4 Å². The van der Waals surface area contributed by atoms with E-state index in [4.69, 9.17) is 4.74 Å². The number of ether oxygens (including phenoxy) is 1. The molecule has 216 valence electrons. The molecular formula is C28H38F3N3O4S. The Kier molecular flexibility index (Phi) is 8.54. The Morgan fingerprint density at radius 3 is 2.28 bits per heavy atom. The monoisotopic (exact) mass is 569 g/mol. The number of hydrogen-bond acceptors (Lipinski definition) is 4. The minimum atomic E-state index is -4.90. The molecule has 39 heavy (non-hydrogen) atoms. The second kappa shape index (κ2) is 11.2. The highest BCUT2D eigenvalue weighted by molar-refractivity contribution is 7.89. The van der Waals surface area contributed by atoms with Gasteiger partial charge in [0, 0.05) is 36.6 Å². The SMILES string of the molecule is Cc1c(C(=O)N2CCOCC2)cc(-c2ccc(S(=O)(=O)NC(C)(C)C)c(C(F)(F)F)c2)n1CC1CCCCC1. The number of nitrogens with zero attached hydrogens (tertiary/aromatic N) is 2. The van der Waals surface area contributed by atoms with Crippen molar-refractivity contribution < 1.29 is 31.1 Å². The van der Waals surface area contributed by atoms with Crippen LogP contribution in [0.25, 0.3) is 11.3 Å². The molecule has 0 radical (unpaired) electrons. The predicted octanol–water partition coefficient (Wildman–Crippen LogP) is 5.61. The Labute approximate surface area is 228 Å². The van der Waals surface area contributed by atoms with Gasteiger partial charge in [0.1, 0.15) is 0 Å². The molecule has 7 nitrogen and oxygen atoms in total. The molecule has 2 aromatic rings. The van der Waals surface area contributed by atoms with Gasteiger partial charge in [0.2, 0.25) is 10.0 Å². The third-order valence-electron chi connectivity index (χ3n) is 7.37. The maximum Gasteiger partial charge on any atom is 0.417 e. The first-order chi connectivity index (χ1) is 18.2. The van der Waals surface area contributed by atoms with Crippen LogP contribution in [-0.4, -0.2) is 55.6 Å². The van der Waals surface area contributed by atoms with Crippen molar-refractivity contribution in [2.45, 2.75) is 83.0 Å². The van der Waals surface area contributed by atoms with E-state index >= 15 is 0 Å². The van der Waals surface area contributed by atoms with E-state index in [1.165, 1.54) is 12.5 Å². The van der Waals surface area contributed by atoms with Gasteiger partial charge in [0.25, 0.3) is 5.91 Å². The Morgan fingerprint density at radius 1 is 1.05 bits per heavy atom. The van der Waals surface area contributed by atoms with Crippen LogP contribution in [0.15, 0.2) is 29.2 Å². The summed E-state index contributed by atoms with van der Waals surface area (Å²) in [4.78, 5) is 14.3. The molecule has 4 rings (SSSR count). The number of sulfonamides is 1. The summed E-state index contributed by atoms with van der Waals surface area (Å²) in [7, 11) is -4.44. The molecule has 0 unspecified atom stereocenters. The Balaban J connectivity index is 1.83. The van der Waals surface area contributed by atoms with Crippen LogP contribution in [0.1, 0.15) is 74.5 Å². The van der Waals surface area contributed by atoms with Crippen LogP contribution in [0.4, 0.5) is 13.2 Å². The van der Waals surface area contributed by atoms with Crippen LogP contribution < -0.4 is 4.72 Å². The molecule has 1 aliphatic carbocycles. The molecule has 1 aliphatic heterocycles. The largest absolute Gasteiger partial charge is 0.417 e. The fourth-order valence-electron chi connectivity index (χ4n) is 5.50. The van der Waals surface area contributed by atoms with Crippen LogP contribution in [0.3, 0.4) is 0 Å². The number of benzene rings is 1. The van der Waals surface area contributed by atoms with Crippen LogP contribution in [0.5, 0.6) is 0 Å². The van der Waals surface area contributed by atoms with Crippen molar-refractivity contribution >= 4 is 15.9 Å². The van der Waals surface area contributed by atoms with Gasteiger partial charge in [-0.05, 0) is 70.2 Å². The van der Waals surface area contributed by atoms with Crippen molar-refractivity contribution in [3.63, 3.8) is 0 Å². The van der Waals surface area contributed by atoms with Gasteiger partial charge in [-0.3, -0.25) is 4.79 Å². The van der Waals surface area contributed by atoms with Gasteiger partial charge in [0.15, 0.2) is 0 Å². The zero-order valence-corrected chi connectivity index (χ0v) is 23.8. The maximum absolute atomic E-state index is 14.3. The lowest BCUT2D eigenvalue weighted by atomic mass is 9.89. The first-order valence-corrected chi connectivity index (χ1v) is 15.0. The van der Waals surface area contributed by atoms with Crippen molar-refractivity contribution in [3.05, 3.63) is 41.1 Å². The number of halogens is 3. The summed E-state index contributed by atoms with van der Waals surface area (Å²) in [6.45, 7) is 8.91. The average Bonchev–Trinajstić information content (AvgIpc) is 3.18. The molecule has 1 amide bonds. The van der Waals surface area contributed by atoms with Gasteiger partial charge in [-0.2, -0.15) is 13.2 Å². The van der Waals surface area contributed by atoms with Crippen molar-refractivity contribution in [1.82, 2.24) is 14.2 Å². The summed E-state index contributed by atoms with van der Waals surface area (Å²) in [5.74, 6) is 0.178. The van der Waals surface area contributed by atoms with Gasteiger partial charge in [-0.1, -0.05) is 25.3 Å². The number of nitrogens with one attached hydrogen (secondary N) is 1. The predicted molar refractivity (Wildman–Crippen MR) is 143 cm³/mol. The number of aromatic nitrogens is 1. The smallest absolute Gasteiger partial charge is 0.378 e. The quantitative estimate of drug-likeness (QED) is 0.490. The Hall–Kier alpha value is -2.37. The topological polar surface area (TPSA) is 80.6 Å². The highest BCUT2D eigenvalue weighted by Crippen LogP contribution is 2.39. The van der Waals surface area contributed by atoms with Crippen molar-refractivity contribution in [3.8, 4) is 11.3 Å². The maximum atomic E-state index is 14.3. The van der Waals surface area contributed by atoms with Gasteiger partial charge in [0.05, 0.1) is 29.2 Å². The molecule has 0 bridgehead atoms. The molecule has 11 heteroatoms. The highest BCUT2D eigenvalue weighted by atomic mass is 32.2. The molecule has 2 heterocycles.